The molecule has 2 fully saturated rings. The van der Waals surface area contributed by atoms with Crippen LogP contribution in [-0.4, -0.2) is 59.1 Å². The number of carbonyl (C=O) groups is 4. The van der Waals surface area contributed by atoms with Crippen LogP contribution in [0, 0.1) is 0 Å². The van der Waals surface area contributed by atoms with Gasteiger partial charge in [-0.25, -0.2) is 9.78 Å². The minimum atomic E-state index is -0.667. The summed E-state index contributed by atoms with van der Waals surface area (Å²) in [5.41, 5.74) is 2.72. The number of hydrogen-bond donors (Lipinski definition) is 2. The molecule has 37 heavy (non-hydrogen) atoms. The van der Waals surface area contributed by atoms with Gasteiger partial charge in [0.2, 0.25) is 17.7 Å². The van der Waals surface area contributed by atoms with Crippen molar-refractivity contribution < 1.29 is 33.4 Å². The molecule has 194 valence electrons. The molecule has 3 aliphatic rings. The van der Waals surface area contributed by atoms with E-state index >= 15 is 0 Å². The number of carbonyl (C=O) groups excluding carboxylic acids is 4. The molecule has 0 bridgehead atoms. The lowest BCUT2D eigenvalue weighted by atomic mass is 10.0. The third-order valence-electron chi connectivity index (χ3n) is 6.65. The van der Waals surface area contributed by atoms with Gasteiger partial charge >= 0.3 is 6.09 Å². The van der Waals surface area contributed by atoms with Crippen LogP contribution in [-0.2, 0) is 38.8 Å². The van der Waals surface area contributed by atoms with E-state index in [1.165, 1.54) is 4.90 Å². The van der Waals surface area contributed by atoms with Crippen molar-refractivity contribution in [3.63, 3.8) is 0 Å². The fraction of sp³-hybridized carbons (Fsp3) is 0.423. The molecule has 0 saturated carbocycles. The molecule has 3 aliphatic heterocycles. The molecule has 11 nitrogen and oxygen atoms in total. The highest BCUT2D eigenvalue weighted by molar-refractivity contribution is 6.05. The summed E-state index contributed by atoms with van der Waals surface area (Å²) in [7, 11) is 0. The van der Waals surface area contributed by atoms with Crippen LogP contribution >= 0.6 is 0 Å². The van der Waals surface area contributed by atoms with Crippen LogP contribution in [0.1, 0.15) is 52.7 Å². The maximum atomic E-state index is 12.9. The molecular formula is C26H28N4O7. The van der Waals surface area contributed by atoms with Gasteiger partial charge in [0.1, 0.15) is 18.8 Å². The first-order chi connectivity index (χ1) is 18.0. The number of pyridine rings is 1. The molecule has 0 radical (unpaired) electrons. The first-order valence-electron chi connectivity index (χ1n) is 12.3. The molecule has 11 heteroatoms. The van der Waals surface area contributed by atoms with Gasteiger partial charge in [-0.05, 0) is 29.2 Å². The summed E-state index contributed by atoms with van der Waals surface area (Å²) in [6.07, 6.45) is 3.35. The Hall–Kier alpha value is -3.99. The van der Waals surface area contributed by atoms with Crippen molar-refractivity contribution in [2.45, 2.75) is 57.5 Å². The normalized spacial score (nSPS) is 19.8. The van der Waals surface area contributed by atoms with Crippen molar-refractivity contribution in [1.82, 2.24) is 20.5 Å². The van der Waals surface area contributed by atoms with Gasteiger partial charge in [-0.2, -0.15) is 0 Å². The van der Waals surface area contributed by atoms with E-state index in [9.17, 15) is 19.2 Å². The Bertz CT molecular complexity index is 1190. The largest absolute Gasteiger partial charge is 0.474 e. The van der Waals surface area contributed by atoms with Crippen molar-refractivity contribution in [2.24, 2.45) is 0 Å². The lowest BCUT2D eigenvalue weighted by Crippen LogP contribution is -2.52. The maximum Gasteiger partial charge on any atom is 0.407 e. The third kappa shape index (κ3) is 5.88. The molecule has 5 rings (SSSR count). The molecule has 2 aromatic rings. The van der Waals surface area contributed by atoms with Crippen molar-refractivity contribution in [2.75, 3.05) is 13.2 Å². The number of imide groups is 1. The molecule has 1 aromatic carbocycles. The molecule has 1 unspecified atom stereocenters. The first kappa shape index (κ1) is 24.7. The van der Waals surface area contributed by atoms with Gasteiger partial charge in [0.05, 0.1) is 13.2 Å². The Kier molecular flexibility index (Phi) is 7.31. The van der Waals surface area contributed by atoms with Gasteiger partial charge in [-0.15, -0.1) is 0 Å². The maximum absolute atomic E-state index is 12.9. The summed E-state index contributed by atoms with van der Waals surface area (Å²) in [6, 6.07) is 8.21. The Labute approximate surface area is 213 Å². The fourth-order valence-electron chi connectivity index (χ4n) is 4.62. The highest BCUT2D eigenvalue weighted by Gasteiger charge is 2.39. The fourth-order valence-corrected chi connectivity index (χ4v) is 4.62. The van der Waals surface area contributed by atoms with E-state index in [-0.39, 0.29) is 37.5 Å². The summed E-state index contributed by atoms with van der Waals surface area (Å²) in [5, 5.41) is 4.97. The first-order valence-corrected chi connectivity index (χ1v) is 12.3. The Balaban J connectivity index is 1.09. The topological polar surface area (TPSA) is 136 Å². The second kappa shape index (κ2) is 11.0. The Morgan fingerprint density at radius 3 is 2.68 bits per heavy atom. The molecule has 0 aliphatic carbocycles. The molecule has 1 aromatic heterocycles. The molecule has 0 spiro atoms. The van der Waals surface area contributed by atoms with Crippen molar-refractivity contribution >= 4 is 23.8 Å². The van der Waals surface area contributed by atoms with E-state index in [0.29, 0.717) is 43.2 Å². The number of ether oxygens (including phenoxy) is 3. The Morgan fingerprint density at radius 2 is 1.92 bits per heavy atom. The summed E-state index contributed by atoms with van der Waals surface area (Å²) in [5.74, 6) is -0.501. The number of fused-ring (bicyclic) bond motifs is 1. The van der Waals surface area contributed by atoms with Gasteiger partial charge in [-0.3, -0.25) is 19.7 Å². The number of aromatic nitrogens is 1. The number of alkyl carbamates (subject to hydrolysis) is 1. The van der Waals surface area contributed by atoms with Gasteiger partial charge in [0.25, 0.3) is 5.91 Å². The summed E-state index contributed by atoms with van der Waals surface area (Å²) in [4.78, 5) is 54.5. The van der Waals surface area contributed by atoms with E-state index in [4.69, 9.17) is 14.2 Å². The zero-order chi connectivity index (χ0) is 25.8. The predicted molar refractivity (Wildman–Crippen MR) is 128 cm³/mol. The predicted octanol–water partition coefficient (Wildman–Crippen LogP) is 1.83. The summed E-state index contributed by atoms with van der Waals surface area (Å²) in [6.45, 7) is 1.91. The zero-order valence-corrected chi connectivity index (χ0v) is 20.2. The van der Waals surface area contributed by atoms with Crippen LogP contribution < -0.4 is 15.4 Å². The molecule has 2 saturated heterocycles. The van der Waals surface area contributed by atoms with Crippen LogP contribution in [0.25, 0.3) is 0 Å². The molecular weight excluding hydrogens is 480 g/mol. The lowest BCUT2D eigenvalue weighted by Gasteiger charge is -2.29. The van der Waals surface area contributed by atoms with E-state index in [1.807, 2.05) is 6.07 Å². The molecule has 4 heterocycles. The van der Waals surface area contributed by atoms with Gasteiger partial charge in [0, 0.05) is 50.2 Å². The quantitative estimate of drug-likeness (QED) is 0.541. The van der Waals surface area contributed by atoms with E-state index in [1.54, 1.807) is 30.5 Å². The van der Waals surface area contributed by atoms with Crippen molar-refractivity contribution in [3.8, 4) is 5.88 Å². The minimum Gasteiger partial charge on any atom is -0.474 e. The number of piperidine rings is 1. The van der Waals surface area contributed by atoms with E-state index in [0.717, 1.165) is 24.0 Å². The third-order valence-corrected chi connectivity index (χ3v) is 6.65. The number of nitrogens with one attached hydrogen (secondary N) is 2. The number of benzene rings is 1. The number of amides is 4. The lowest BCUT2D eigenvalue weighted by molar-refractivity contribution is -0.136. The second-order valence-corrected chi connectivity index (χ2v) is 9.26. The summed E-state index contributed by atoms with van der Waals surface area (Å²) < 4.78 is 16.5. The number of nitrogens with zero attached hydrogens (tertiary/aromatic N) is 2. The SMILES string of the molecule is O=C1CCC(N2Cc3ccc(COC(=O)NCc4ccc(OC5CCOCC5)nc4)cc3C2=O)C(=O)N1. The Morgan fingerprint density at radius 1 is 1.11 bits per heavy atom. The van der Waals surface area contributed by atoms with Crippen molar-refractivity contribution in [3.05, 3.63) is 58.8 Å². The van der Waals surface area contributed by atoms with Crippen LogP contribution in [0.2, 0.25) is 0 Å². The average Bonchev–Trinajstić information content (AvgIpc) is 3.23. The van der Waals surface area contributed by atoms with Gasteiger partial charge < -0.3 is 24.4 Å². The van der Waals surface area contributed by atoms with Crippen LogP contribution in [0.5, 0.6) is 5.88 Å². The second-order valence-electron chi connectivity index (χ2n) is 9.26. The average molecular weight is 509 g/mol. The van der Waals surface area contributed by atoms with E-state index in [2.05, 4.69) is 15.6 Å². The van der Waals surface area contributed by atoms with Crippen LogP contribution in [0.15, 0.2) is 36.5 Å². The standard InChI is InChI=1S/C26H28N4O7/c31-22-5-4-21(24(32)29-22)30-14-18-3-1-16(11-20(18)25(30)33)15-36-26(34)28-13-17-2-6-23(27-12-17)37-19-7-9-35-10-8-19/h1-3,6,11-12,19,21H,4-5,7-10,13-15H2,(H,28,34)(H,29,31,32). The smallest absolute Gasteiger partial charge is 0.407 e. The molecule has 1 atom stereocenters. The van der Waals surface area contributed by atoms with Gasteiger partial charge in [0.15, 0.2) is 0 Å². The van der Waals surface area contributed by atoms with E-state index < -0.39 is 18.0 Å². The highest BCUT2D eigenvalue weighted by Crippen LogP contribution is 2.28. The monoisotopic (exact) mass is 508 g/mol. The minimum absolute atomic E-state index is 0.0130. The van der Waals surface area contributed by atoms with Crippen LogP contribution in [0.3, 0.4) is 0 Å². The molecule has 4 amide bonds. The zero-order valence-electron chi connectivity index (χ0n) is 20.2. The van der Waals surface area contributed by atoms with Gasteiger partial charge in [-0.1, -0.05) is 18.2 Å². The highest BCUT2D eigenvalue weighted by atomic mass is 16.5. The summed E-state index contributed by atoms with van der Waals surface area (Å²) >= 11 is 0. The molecule has 2 N–H and O–H groups in total. The number of rotatable bonds is 7. The van der Waals surface area contributed by atoms with Crippen LogP contribution in [0.4, 0.5) is 4.79 Å². The number of hydrogen-bond acceptors (Lipinski definition) is 8. The van der Waals surface area contributed by atoms with Crippen molar-refractivity contribution in [1.29, 1.82) is 0 Å².